The summed E-state index contributed by atoms with van der Waals surface area (Å²) < 4.78 is 0. The van der Waals surface area contributed by atoms with Gasteiger partial charge in [0.15, 0.2) is 0 Å². The number of fused-ring (bicyclic) bond motifs is 1. The standard InChI is InChI=1S/C15H25NO/c1-15(2)5-3-13(4-6-15)16-14(17)12-8-10-7-11(10)9-12/h10-13H,3-9H2,1-2H3,(H,16,17). The molecule has 1 N–H and O–H groups in total. The first-order valence-electron chi connectivity index (χ1n) is 7.34. The summed E-state index contributed by atoms with van der Waals surface area (Å²) in [5, 5.41) is 3.30. The zero-order valence-electron chi connectivity index (χ0n) is 11.2. The molecule has 3 fully saturated rings. The maximum atomic E-state index is 12.1. The Hall–Kier alpha value is -0.530. The van der Waals surface area contributed by atoms with Gasteiger partial charge in [-0.3, -0.25) is 4.79 Å². The van der Waals surface area contributed by atoms with E-state index in [1.54, 1.807) is 0 Å². The highest BCUT2D eigenvalue weighted by Crippen LogP contribution is 2.54. The van der Waals surface area contributed by atoms with Crippen molar-refractivity contribution in [3.63, 3.8) is 0 Å². The second-order valence-corrected chi connectivity index (χ2v) is 7.37. The Morgan fingerprint density at radius 1 is 1.06 bits per heavy atom. The van der Waals surface area contributed by atoms with Crippen LogP contribution in [0.5, 0.6) is 0 Å². The first-order valence-corrected chi connectivity index (χ1v) is 7.34. The lowest BCUT2D eigenvalue weighted by Gasteiger charge is -2.35. The van der Waals surface area contributed by atoms with E-state index in [0.717, 1.165) is 11.8 Å². The van der Waals surface area contributed by atoms with E-state index in [1.165, 1.54) is 44.9 Å². The van der Waals surface area contributed by atoms with Gasteiger partial charge < -0.3 is 5.32 Å². The van der Waals surface area contributed by atoms with Crippen LogP contribution in [0, 0.1) is 23.2 Å². The van der Waals surface area contributed by atoms with Gasteiger partial charge in [0.1, 0.15) is 0 Å². The lowest BCUT2D eigenvalue weighted by atomic mass is 9.75. The van der Waals surface area contributed by atoms with Crippen molar-refractivity contribution in [1.82, 2.24) is 5.32 Å². The molecule has 0 aromatic rings. The smallest absolute Gasteiger partial charge is 0.223 e. The molecule has 0 aromatic carbocycles. The Bertz CT molecular complexity index is 303. The average Bonchev–Trinajstić information content (AvgIpc) is 2.89. The molecule has 1 amide bonds. The summed E-state index contributed by atoms with van der Waals surface area (Å²) in [6, 6.07) is 0.465. The highest BCUT2D eigenvalue weighted by Gasteiger charge is 2.48. The van der Waals surface area contributed by atoms with Crippen LogP contribution in [0.2, 0.25) is 0 Å². The van der Waals surface area contributed by atoms with Gasteiger partial charge in [-0.25, -0.2) is 0 Å². The van der Waals surface area contributed by atoms with Crippen LogP contribution < -0.4 is 5.32 Å². The van der Waals surface area contributed by atoms with Gasteiger partial charge in [-0.05, 0) is 62.2 Å². The third-order valence-electron chi connectivity index (χ3n) is 5.30. The minimum atomic E-state index is 0.355. The van der Waals surface area contributed by atoms with E-state index in [0.29, 0.717) is 23.3 Å². The van der Waals surface area contributed by atoms with Crippen molar-refractivity contribution in [2.45, 2.75) is 64.8 Å². The Balaban J connectivity index is 1.46. The highest BCUT2D eigenvalue weighted by atomic mass is 16.1. The third-order valence-corrected chi connectivity index (χ3v) is 5.30. The molecule has 0 saturated heterocycles. The van der Waals surface area contributed by atoms with E-state index in [-0.39, 0.29) is 0 Å². The molecule has 96 valence electrons. The van der Waals surface area contributed by atoms with Gasteiger partial charge in [-0.1, -0.05) is 13.8 Å². The van der Waals surface area contributed by atoms with Gasteiger partial charge in [0.25, 0.3) is 0 Å². The highest BCUT2D eigenvalue weighted by molar-refractivity contribution is 5.79. The number of hydrogen-bond donors (Lipinski definition) is 1. The van der Waals surface area contributed by atoms with Crippen LogP contribution in [0.4, 0.5) is 0 Å². The summed E-state index contributed by atoms with van der Waals surface area (Å²) in [5.41, 5.74) is 0.496. The lowest BCUT2D eigenvalue weighted by molar-refractivity contribution is -0.126. The van der Waals surface area contributed by atoms with E-state index in [2.05, 4.69) is 19.2 Å². The number of nitrogens with one attached hydrogen (secondary N) is 1. The lowest BCUT2D eigenvalue weighted by Crippen LogP contribution is -2.41. The molecule has 3 rings (SSSR count). The minimum absolute atomic E-state index is 0.355. The Kier molecular flexibility index (Phi) is 2.72. The van der Waals surface area contributed by atoms with Crippen molar-refractivity contribution in [3.8, 4) is 0 Å². The van der Waals surface area contributed by atoms with Crippen LogP contribution in [-0.2, 0) is 4.79 Å². The molecule has 0 aliphatic heterocycles. The van der Waals surface area contributed by atoms with Crippen molar-refractivity contribution < 1.29 is 4.79 Å². The number of amides is 1. The van der Waals surface area contributed by atoms with E-state index >= 15 is 0 Å². The summed E-state index contributed by atoms with van der Waals surface area (Å²) in [5.74, 6) is 2.54. The van der Waals surface area contributed by atoms with Crippen LogP contribution in [0.1, 0.15) is 58.8 Å². The summed E-state index contributed by atoms with van der Waals surface area (Å²) in [7, 11) is 0. The molecule has 0 aromatic heterocycles. The molecule has 0 spiro atoms. The second kappa shape index (κ2) is 4.00. The summed E-state index contributed by atoms with van der Waals surface area (Å²) in [6.45, 7) is 4.69. The molecule has 2 atom stereocenters. The normalized spacial score (nSPS) is 39.8. The van der Waals surface area contributed by atoms with Crippen molar-refractivity contribution >= 4 is 5.91 Å². The maximum absolute atomic E-state index is 12.1. The van der Waals surface area contributed by atoms with Crippen LogP contribution in [0.25, 0.3) is 0 Å². The third kappa shape index (κ3) is 2.51. The molecule has 17 heavy (non-hydrogen) atoms. The van der Waals surface area contributed by atoms with Crippen molar-refractivity contribution in [2.75, 3.05) is 0 Å². The van der Waals surface area contributed by atoms with Crippen LogP contribution in [-0.4, -0.2) is 11.9 Å². The number of carbonyl (C=O) groups is 1. The molecule has 0 bridgehead atoms. The number of rotatable bonds is 2. The van der Waals surface area contributed by atoms with E-state index < -0.39 is 0 Å². The molecule has 2 heteroatoms. The second-order valence-electron chi connectivity index (χ2n) is 7.37. The maximum Gasteiger partial charge on any atom is 0.223 e. The van der Waals surface area contributed by atoms with Gasteiger partial charge in [-0.15, -0.1) is 0 Å². The first kappa shape index (κ1) is 11.6. The molecule has 0 radical (unpaired) electrons. The van der Waals surface area contributed by atoms with E-state index in [4.69, 9.17) is 0 Å². The van der Waals surface area contributed by atoms with Gasteiger partial charge in [0.2, 0.25) is 5.91 Å². The predicted octanol–water partition coefficient (Wildman–Crippen LogP) is 3.12. The monoisotopic (exact) mass is 235 g/mol. The molecule has 3 saturated carbocycles. The van der Waals surface area contributed by atoms with Crippen LogP contribution in [0.15, 0.2) is 0 Å². The fourth-order valence-electron chi connectivity index (χ4n) is 3.79. The topological polar surface area (TPSA) is 29.1 Å². The van der Waals surface area contributed by atoms with Gasteiger partial charge in [-0.2, -0.15) is 0 Å². The fourth-order valence-corrected chi connectivity index (χ4v) is 3.79. The first-order chi connectivity index (χ1) is 8.03. The Labute approximate surface area is 105 Å². The van der Waals surface area contributed by atoms with Crippen molar-refractivity contribution in [2.24, 2.45) is 23.2 Å². The predicted molar refractivity (Wildman–Crippen MR) is 68.5 cm³/mol. The largest absolute Gasteiger partial charge is 0.353 e. The summed E-state index contributed by atoms with van der Waals surface area (Å²) in [6.07, 6.45) is 8.63. The number of hydrogen-bond acceptors (Lipinski definition) is 1. The van der Waals surface area contributed by atoms with Crippen molar-refractivity contribution in [3.05, 3.63) is 0 Å². The summed E-state index contributed by atoms with van der Waals surface area (Å²) in [4.78, 5) is 12.1. The average molecular weight is 235 g/mol. The van der Waals surface area contributed by atoms with Crippen LogP contribution in [0.3, 0.4) is 0 Å². The Morgan fingerprint density at radius 2 is 1.65 bits per heavy atom. The SMILES string of the molecule is CC1(C)CCC(NC(=O)C2CC3CC3C2)CC1. The molecule has 0 heterocycles. The molecule has 3 aliphatic rings. The molecular formula is C15H25NO. The molecule has 2 unspecified atom stereocenters. The van der Waals surface area contributed by atoms with Gasteiger partial charge in [0, 0.05) is 12.0 Å². The molecule has 2 nitrogen and oxygen atoms in total. The zero-order valence-corrected chi connectivity index (χ0v) is 11.2. The Morgan fingerprint density at radius 3 is 2.24 bits per heavy atom. The van der Waals surface area contributed by atoms with Crippen molar-refractivity contribution in [1.29, 1.82) is 0 Å². The fraction of sp³-hybridized carbons (Fsp3) is 0.933. The van der Waals surface area contributed by atoms with Crippen LogP contribution >= 0.6 is 0 Å². The number of carbonyl (C=O) groups excluding carboxylic acids is 1. The summed E-state index contributed by atoms with van der Waals surface area (Å²) >= 11 is 0. The zero-order chi connectivity index (χ0) is 12.0. The quantitative estimate of drug-likeness (QED) is 0.783. The van der Waals surface area contributed by atoms with E-state index in [9.17, 15) is 4.79 Å². The van der Waals surface area contributed by atoms with E-state index in [1.807, 2.05) is 0 Å². The molecular weight excluding hydrogens is 210 g/mol. The molecule has 3 aliphatic carbocycles. The minimum Gasteiger partial charge on any atom is -0.353 e. The van der Waals surface area contributed by atoms with Gasteiger partial charge >= 0.3 is 0 Å². The van der Waals surface area contributed by atoms with Gasteiger partial charge in [0.05, 0.1) is 0 Å².